The minimum Gasteiger partial charge on any atom is -0.462 e. The van der Waals surface area contributed by atoms with E-state index in [9.17, 15) is 14.4 Å². The second kappa shape index (κ2) is 67.9. The van der Waals surface area contributed by atoms with Gasteiger partial charge >= 0.3 is 17.9 Å². The van der Waals surface area contributed by atoms with Gasteiger partial charge in [0.15, 0.2) is 6.10 Å². The summed E-state index contributed by atoms with van der Waals surface area (Å²) >= 11 is 0. The van der Waals surface area contributed by atoms with E-state index in [0.29, 0.717) is 19.3 Å². The van der Waals surface area contributed by atoms with Gasteiger partial charge in [0.2, 0.25) is 0 Å². The van der Waals surface area contributed by atoms with Gasteiger partial charge in [0.1, 0.15) is 13.2 Å². The van der Waals surface area contributed by atoms with Crippen molar-refractivity contribution in [3.8, 4) is 0 Å². The normalized spacial score (nSPS) is 12.3. The zero-order valence-corrected chi connectivity index (χ0v) is 53.2. The van der Waals surface area contributed by atoms with Crippen molar-refractivity contribution in [1.29, 1.82) is 0 Å². The summed E-state index contributed by atoms with van der Waals surface area (Å²) in [6, 6.07) is 0. The quantitative estimate of drug-likeness (QED) is 0.0261. The molecule has 462 valence electrons. The summed E-state index contributed by atoms with van der Waals surface area (Å²) < 4.78 is 16.9. The molecule has 0 saturated carbocycles. The predicted molar refractivity (Wildman–Crippen MR) is 344 cm³/mol. The minimum atomic E-state index is -0.783. The highest BCUT2D eigenvalue weighted by molar-refractivity contribution is 5.71. The first-order valence-corrected chi connectivity index (χ1v) is 35.1. The van der Waals surface area contributed by atoms with Crippen LogP contribution in [0.2, 0.25) is 0 Å². The maximum Gasteiger partial charge on any atom is 0.306 e. The van der Waals surface area contributed by atoms with Crippen LogP contribution < -0.4 is 0 Å². The molecule has 6 nitrogen and oxygen atoms in total. The van der Waals surface area contributed by atoms with Crippen LogP contribution in [0.4, 0.5) is 0 Å². The lowest BCUT2D eigenvalue weighted by Gasteiger charge is -2.18. The maximum atomic E-state index is 12.9. The van der Waals surface area contributed by atoms with E-state index in [4.69, 9.17) is 14.2 Å². The van der Waals surface area contributed by atoms with Crippen molar-refractivity contribution in [3.63, 3.8) is 0 Å². The fraction of sp³-hybridized carbons (Fsp3) is 0.849. The van der Waals surface area contributed by atoms with Gasteiger partial charge in [0, 0.05) is 19.3 Å². The zero-order chi connectivity index (χ0) is 57.1. The molecule has 6 heteroatoms. The number of allylic oxidation sites excluding steroid dienone is 8. The molecule has 0 saturated heterocycles. The van der Waals surface area contributed by atoms with Crippen molar-refractivity contribution in [2.75, 3.05) is 13.2 Å². The zero-order valence-electron chi connectivity index (χ0n) is 53.2. The van der Waals surface area contributed by atoms with Gasteiger partial charge < -0.3 is 14.2 Å². The van der Waals surface area contributed by atoms with Crippen molar-refractivity contribution >= 4 is 17.9 Å². The van der Waals surface area contributed by atoms with Crippen LogP contribution in [0.15, 0.2) is 48.6 Å². The minimum absolute atomic E-state index is 0.0779. The van der Waals surface area contributed by atoms with Crippen molar-refractivity contribution in [3.05, 3.63) is 48.6 Å². The van der Waals surface area contributed by atoms with E-state index in [-0.39, 0.29) is 31.1 Å². The molecule has 0 aliphatic carbocycles. The largest absolute Gasteiger partial charge is 0.462 e. The van der Waals surface area contributed by atoms with Gasteiger partial charge in [-0.3, -0.25) is 14.4 Å². The summed E-state index contributed by atoms with van der Waals surface area (Å²) in [6.07, 6.45) is 85.9. The highest BCUT2D eigenvalue weighted by Crippen LogP contribution is 2.18. The molecule has 0 N–H and O–H groups in total. The molecule has 0 fully saturated rings. The summed E-state index contributed by atoms with van der Waals surface area (Å²) in [5.41, 5.74) is 0. The van der Waals surface area contributed by atoms with E-state index >= 15 is 0 Å². The summed E-state index contributed by atoms with van der Waals surface area (Å²) in [7, 11) is 0. The molecule has 79 heavy (non-hydrogen) atoms. The molecule has 0 rings (SSSR count). The predicted octanol–water partition coefficient (Wildman–Crippen LogP) is 24.1. The highest BCUT2D eigenvalue weighted by Gasteiger charge is 2.19. The van der Waals surface area contributed by atoms with Gasteiger partial charge in [-0.2, -0.15) is 0 Å². The highest BCUT2D eigenvalue weighted by atomic mass is 16.6. The van der Waals surface area contributed by atoms with Crippen LogP contribution in [0.1, 0.15) is 380 Å². The Labute approximate surface area is 492 Å². The van der Waals surface area contributed by atoms with Crippen LogP contribution in [0.3, 0.4) is 0 Å². The van der Waals surface area contributed by atoms with E-state index in [1.807, 2.05) is 0 Å². The summed E-state index contributed by atoms with van der Waals surface area (Å²) in [4.78, 5) is 38.3. The molecular formula is C73H134O6. The molecular weight excluding hydrogens is 973 g/mol. The molecule has 0 bridgehead atoms. The Hall–Kier alpha value is -2.63. The van der Waals surface area contributed by atoms with Crippen molar-refractivity contribution in [2.24, 2.45) is 0 Å². The number of rotatable bonds is 65. The molecule has 0 amide bonds. The third-order valence-electron chi connectivity index (χ3n) is 15.8. The van der Waals surface area contributed by atoms with Crippen LogP contribution in [0, 0.1) is 0 Å². The Morgan fingerprint density at radius 3 is 0.747 bits per heavy atom. The van der Waals surface area contributed by atoms with Gasteiger partial charge in [-0.05, 0) is 103 Å². The summed E-state index contributed by atoms with van der Waals surface area (Å²) in [6.45, 7) is 6.63. The molecule has 0 heterocycles. The number of carbonyl (C=O) groups excluding carboxylic acids is 3. The van der Waals surface area contributed by atoms with Crippen LogP contribution >= 0.6 is 0 Å². The number of hydrogen-bond acceptors (Lipinski definition) is 6. The Bertz CT molecular complexity index is 1360. The van der Waals surface area contributed by atoms with E-state index in [2.05, 4.69) is 69.4 Å². The third-order valence-corrected chi connectivity index (χ3v) is 15.8. The first-order valence-electron chi connectivity index (χ1n) is 35.1. The lowest BCUT2D eigenvalue weighted by molar-refractivity contribution is -0.167. The Kier molecular flexibility index (Phi) is 65.6. The lowest BCUT2D eigenvalue weighted by atomic mass is 10.0. The Morgan fingerprint density at radius 1 is 0.253 bits per heavy atom. The maximum absolute atomic E-state index is 12.9. The van der Waals surface area contributed by atoms with Crippen molar-refractivity contribution in [2.45, 2.75) is 386 Å². The van der Waals surface area contributed by atoms with Crippen LogP contribution in [0.25, 0.3) is 0 Å². The molecule has 0 aromatic heterocycles. The molecule has 0 aromatic rings. The van der Waals surface area contributed by atoms with Gasteiger partial charge in [0.05, 0.1) is 0 Å². The van der Waals surface area contributed by atoms with Crippen LogP contribution in [0.5, 0.6) is 0 Å². The number of unbranched alkanes of at least 4 members (excludes halogenated alkanes) is 46. The summed E-state index contributed by atoms with van der Waals surface area (Å²) in [5.74, 6) is -0.880. The Balaban J connectivity index is 4.10. The number of esters is 3. The fourth-order valence-electron chi connectivity index (χ4n) is 10.5. The number of hydrogen-bond donors (Lipinski definition) is 0. The topological polar surface area (TPSA) is 78.9 Å². The molecule has 0 spiro atoms. The van der Waals surface area contributed by atoms with Crippen molar-refractivity contribution < 1.29 is 28.6 Å². The van der Waals surface area contributed by atoms with Crippen LogP contribution in [-0.2, 0) is 28.6 Å². The number of ether oxygens (including phenoxy) is 3. The lowest BCUT2D eigenvalue weighted by Crippen LogP contribution is -2.30. The second-order valence-electron chi connectivity index (χ2n) is 23.8. The molecule has 0 aliphatic rings. The molecule has 0 aromatic carbocycles. The molecule has 1 unspecified atom stereocenters. The van der Waals surface area contributed by atoms with Crippen molar-refractivity contribution in [1.82, 2.24) is 0 Å². The van der Waals surface area contributed by atoms with Gasteiger partial charge in [0.25, 0.3) is 0 Å². The third kappa shape index (κ3) is 66.1. The van der Waals surface area contributed by atoms with Gasteiger partial charge in [-0.25, -0.2) is 0 Å². The average Bonchev–Trinajstić information content (AvgIpc) is 3.45. The second-order valence-corrected chi connectivity index (χ2v) is 23.8. The monoisotopic (exact) mass is 1110 g/mol. The van der Waals surface area contributed by atoms with E-state index in [1.54, 1.807) is 0 Å². The molecule has 0 radical (unpaired) electrons. The molecule has 0 aliphatic heterocycles. The number of carbonyl (C=O) groups is 3. The fourth-order valence-corrected chi connectivity index (χ4v) is 10.5. The first-order chi connectivity index (χ1) is 39.0. The SMILES string of the molecule is CCCCC/C=C\C/C=C\CCCCCCCC(=O)OC(COC(=O)CCCCCCC/C=C\CCCCCC)COC(=O)CCCCCCCCCCCCCCCCCCCCCCC/C=C\CCCCCCCCCC. The molecule has 1 atom stereocenters. The summed E-state index contributed by atoms with van der Waals surface area (Å²) in [5, 5.41) is 0. The van der Waals surface area contributed by atoms with Gasteiger partial charge in [-0.15, -0.1) is 0 Å². The van der Waals surface area contributed by atoms with E-state index in [0.717, 1.165) is 89.9 Å². The van der Waals surface area contributed by atoms with Gasteiger partial charge in [-0.1, -0.05) is 307 Å². The Morgan fingerprint density at radius 2 is 0.456 bits per heavy atom. The standard InChI is InChI=1S/C73H134O6/c1-4-7-10-13-16-19-22-25-27-28-29-30-31-32-33-34-35-36-37-38-39-40-41-42-43-44-46-48-51-54-57-60-63-66-72(75)78-69-70(68-77-71(74)65-62-59-56-53-50-47-24-21-18-15-12-9-6-3)79-73(76)67-64-61-58-55-52-49-45-26-23-20-17-14-11-8-5-2/h17,20-21,24,26,28-29,45,70H,4-16,18-19,22-23,25,27,30-44,46-69H2,1-3H3/b20-17-,24-21-,29-28-,45-26-. The van der Waals surface area contributed by atoms with Crippen LogP contribution in [-0.4, -0.2) is 37.2 Å². The van der Waals surface area contributed by atoms with E-state index in [1.165, 1.54) is 250 Å². The first kappa shape index (κ1) is 76.4. The smallest absolute Gasteiger partial charge is 0.306 e. The average molecular weight is 1110 g/mol. The van der Waals surface area contributed by atoms with E-state index < -0.39 is 6.10 Å².